The predicted octanol–water partition coefficient (Wildman–Crippen LogP) is 3.48. The van der Waals surface area contributed by atoms with E-state index in [4.69, 9.17) is 0 Å². The van der Waals surface area contributed by atoms with Crippen molar-refractivity contribution in [3.8, 4) is 0 Å². The number of thioether (sulfide) groups is 1. The van der Waals surface area contributed by atoms with Crippen LogP contribution < -0.4 is 9.62 Å². The van der Waals surface area contributed by atoms with Crippen LogP contribution in [0.3, 0.4) is 0 Å². The molecule has 0 aliphatic rings. The molecular weight excluding hydrogens is 382 g/mol. The van der Waals surface area contributed by atoms with E-state index in [2.05, 4.69) is 5.32 Å². The normalized spacial score (nSPS) is 12.5. The van der Waals surface area contributed by atoms with Gasteiger partial charge in [-0.2, -0.15) is 0 Å². The number of nitrogens with zero attached hydrogens (tertiary/aromatic N) is 1. The summed E-state index contributed by atoms with van der Waals surface area (Å²) in [6, 6.07) is 8.54. The average molecular weight is 400 g/mol. The summed E-state index contributed by atoms with van der Waals surface area (Å²) in [5, 5.41) is 2.64. The van der Waals surface area contributed by atoms with Crippen LogP contribution in [0.15, 0.2) is 47.4 Å². The fraction of sp³-hybridized carbons (Fsp3) is 0.235. The van der Waals surface area contributed by atoms with E-state index in [1.807, 2.05) is 12.3 Å². The van der Waals surface area contributed by atoms with Crippen molar-refractivity contribution in [3.63, 3.8) is 0 Å². The van der Waals surface area contributed by atoms with Crippen LogP contribution >= 0.6 is 11.8 Å². The van der Waals surface area contributed by atoms with Crippen LogP contribution in [-0.4, -0.2) is 32.9 Å². The molecule has 1 amide bonds. The number of hydrogen-bond acceptors (Lipinski definition) is 4. The number of hydrogen-bond donors (Lipinski definition) is 1. The van der Waals surface area contributed by atoms with Crippen molar-refractivity contribution in [2.24, 2.45) is 0 Å². The zero-order valence-corrected chi connectivity index (χ0v) is 16.0. The largest absolute Gasteiger partial charge is 0.324 e. The first-order chi connectivity index (χ1) is 12.1. The fourth-order valence-corrected chi connectivity index (χ4v) is 4.00. The Hall–Kier alpha value is -2.13. The van der Waals surface area contributed by atoms with Gasteiger partial charge in [0.2, 0.25) is 15.9 Å². The van der Waals surface area contributed by atoms with Crippen molar-refractivity contribution < 1.29 is 22.0 Å². The summed E-state index contributed by atoms with van der Waals surface area (Å²) in [7, 11) is -3.92. The lowest BCUT2D eigenvalue weighted by molar-refractivity contribution is -0.116. The SMILES string of the molecule is CSc1cccc(NC(=O)[C@H](C)N(c2ccc(F)c(F)c2)S(C)(=O)=O)c1. The lowest BCUT2D eigenvalue weighted by atomic mass is 10.2. The number of benzene rings is 2. The Bertz CT molecular complexity index is 920. The van der Waals surface area contributed by atoms with E-state index < -0.39 is 33.6 Å². The van der Waals surface area contributed by atoms with Gasteiger partial charge in [0.25, 0.3) is 0 Å². The van der Waals surface area contributed by atoms with Gasteiger partial charge in [0.15, 0.2) is 11.6 Å². The smallest absolute Gasteiger partial charge is 0.247 e. The van der Waals surface area contributed by atoms with Crippen LogP contribution in [0.1, 0.15) is 6.92 Å². The highest BCUT2D eigenvalue weighted by Crippen LogP contribution is 2.24. The molecule has 0 unspecified atom stereocenters. The zero-order chi connectivity index (χ0) is 19.5. The number of carbonyl (C=O) groups is 1. The minimum Gasteiger partial charge on any atom is -0.324 e. The maximum atomic E-state index is 13.5. The molecule has 0 heterocycles. The molecule has 9 heteroatoms. The van der Waals surface area contributed by atoms with Crippen molar-refractivity contribution >= 4 is 39.1 Å². The Morgan fingerprint density at radius 2 is 1.85 bits per heavy atom. The van der Waals surface area contributed by atoms with Crippen LogP contribution in [0.5, 0.6) is 0 Å². The van der Waals surface area contributed by atoms with Crippen LogP contribution in [-0.2, 0) is 14.8 Å². The topological polar surface area (TPSA) is 66.5 Å². The first kappa shape index (κ1) is 20.2. The molecule has 2 rings (SSSR count). The Labute approximate surface area is 155 Å². The van der Waals surface area contributed by atoms with Gasteiger partial charge >= 0.3 is 0 Å². The molecule has 0 aromatic heterocycles. The molecule has 0 radical (unpaired) electrons. The Kier molecular flexibility index (Phi) is 6.25. The quantitative estimate of drug-likeness (QED) is 0.754. The zero-order valence-electron chi connectivity index (χ0n) is 14.4. The van der Waals surface area contributed by atoms with Gasteiger partial charge < -0.3 is 5.32 Å². The second kappa shape index (κ2) is 8.05. The molecule has 140 valence electrons. The maximum absolute atomic E-state index is 13.5. The van der Waals surface area contributed by atoms with Crippen molar-refractivity contribution in [1.82, 2.24) is 0 Å². The molecule has 2 aromatic carbocycles. The van der Waals surface area contributed by atoms with E-state index in [1.165, 1.54) is 18.7 Å². The van der Waals surface area contributed by atoms with Crippen molar-refractivity contribution in [2.45, 2.75) is 17.9 Å². The highest BCUT2D eigenvalue weighted by molar-refractivity contribution is 7.98. The third-order valence-electron chi connectivity index (χ3n) is 3.58. The van der Waals surface area contributed by atoms with Gasteiger partial charge in [0.05, 0.1) is 11.9 Å². The summed E-state index contributed by atoms with van der Waals surface area (Å²) >= 11 is 1.49. The first-order valence-corrected chi connectivity index (χ1v) is 10.6. The number of sulfonamides is 1. The average Bonchev–Trinajstić information content (AvgIpc) is 2.57. The lowest BCUT2D eigenvalue weighted by Crippen LogP contribution is -2.45. The summed E-state index contributed by atoms with van der Waals surface area (Å²) in [5.74, 6) is -2.90. The van der Waals surface area contributed by atoms with E-state index in [1.54, 1.807) is 18.2 Å². The molecule has 5 nitrogen and oxygen atoms in total. The molecule has 2 aromatic rings. The van der Waals surface area contributed by atoms with Crippen molar-refractivity contribution in [1.29, 1.82) is 0 Å². The molecule has 1 atom stereocenters. The predicted molar refractivity (Wildman–Crippen MR) is 100.0 cm³/mol. The summed E-state index contributed by atoms with van der Waals surface area (Å²) in [6.07, 6.45) is 2.78. The maximum Gasteiger partial charge on any atom is 0.247 e. The van der Waals surface area contributed by atoms with Crippen molar-refractivity contribution in [3.05, 3.63) is 54.1 Å². The fourth-order valence-electron chi connectivity index (χ4n) is 2.38. The molecule has 0 aliphatic heterocycles. The van der Waals surface area contributed by atoms with Crippen LogP contribution in [0.4, 0.5) is 20.2 Å². The van der Waals surface area contributed by atoms with Gasteiger partial charge in [-0.05, 0) is 43.5 Å². The summed E-state index contributed by atoms with van der Waals surface area (Å²) in [6.45, 7) is 1.37. The highest BCUT2D eigenvalue weighted by atomic mass is 32.2. The Morgan fingerprint density at radius 1 is 1.15 bits per heavy atom. The molecule has 0 aliphatic carbocycles. The summed E-state index contributed by atoms with van der Waals surface area (Å²) in [4.78, 5) is 13.5. The lowest BCUT2D eigenvalue weighted by Gasteiger charge is -2.28. The van der Waals surface area contributed by atoms with Gasteiger partial charge in [-0.15, -0.1) is 11.8 Å². The van der Waals surface area contributed by atoms with E-state index in [0.29, 0.717) is 5.69 Å². The number of halogens is 2. The highest BCUT2D eigenvalue weighted by Gasteiger charge is 2.29. The third kappa shape index (κ3) is 4.73. The first-order valence-electron chi connectivity index (χ1n) is 7.53. The number of nitrogens with one attached hydrogen (secondary N) is 1. The van der Waals surface area contributed by atoms with Gasteiger partial charge in [-0.3, -0.25) is 9.10 Å². The van der Waals surface area contributed by atoms with E-state index in [-0.39, 0.29) is 5.69 Å². The number of anilines is 2. The van der Waals surface area contributed by atoms with Gasteiger partial charge in [-0.25, -0.2) is 17.2 Å². The van der Waals surface area contributed by atoms with Gasteiger partial charge in [0, 0.05) is 16.6 Å². The second-order valence-corrected chi connectivity index (χ2v) is 8.29. The molecule has 0 fully saturated rings. The van der Waals surface area contributed by atoms with E-state index >= 15 is 0 Å². The number of amides is 1. The minimum absolute atomic E-state index is 0.132. The standard InChI is InChI=1S/C17H18F2N2O3S2/c1-11(17(22)20-12-5-4-6-14(9-12)25-2)21(26(3,23)24)13-7-8-15(18)16(19)10-13/h4-11H,1-3H3,(H,20,22)/t11-/m0/s1. The minimum atomic E-state index is -3.92. The van der Waals surface area contributed by atoms with Crippen LogP contribution in [0, 0.1) is 11.6 Å². The molecule has 0 spiro atoms. The summed E-state index contributed by atoms with van der Waals surface area (Å²) < 4.78 is 51.7. The van der Waals surface area contributed by atoms with Gasteiger partial charge in [0.1, 0.15) is 6.04 Å². The van der Waals surface area contributed by atoms with Gasteiger partial charge in [-0.1, -0.05) is 6.07 Å². The molecule has 0 saturated heterocycles. The Morgan fingerprint density at radius 3 is 2.42 bits per heavy atom. The van der Waals surface area contributed by atoms with E-state index in [0.717, 1.165) is 33.7 Å². The second-order valence-electron chi connectivity index (χ2n) is 5.55. The summed E-state index contributed by atoms with van der Waals surface area (Å²) in [5.41, 5.74) is 0.374. The molecule has 0 bridgehead atoms. The van der Waals surface area contributed by atoms with Crippen LogP contribution in [0.25, 0.3) is 0 Å². The number of rotatable bonds is 6. The monoisotopic (exact) mass is 400 g/mol. The number of carbonyl (C=O) groups excluding carboxylic acids is 1. The Balaban J connectivity index is 2.32. The van der Waals surface area contributed by atoms with E-state index in [9.17, 15) is 22.0 Å². The molecule has 1 N–H and O–H groups in total. The molecule has 26 heavy (non-hydrogen) atoms. The van der Waals surface area contributed by atoms with Crippen LogP contribution in [0.2, 0.25) is 0 Å². The molecular formula is C17H18F2N2O3S2. The third-order valence-corrected chi connectivity index (χ3v) is 5.55. The molecule has 0 saturated carbocycles. The van der Waals surface area contributed by atoms with Crippen molar-refractivity contribution in [2.75, 3.05) is 22.1 Å².